The van der Waals surface area contributed by atoms with Gasteiger partial charge in [-0.15, -0.1) is 0 Å². The molecule has 5 nitrogen and oxygen atoms in total. The first-order valence-corrected chi connectivity index (χ1v) is 9.77. The van der Waals surface area contributed by atoms with Crippen molar-refractivity contribution < 1.29 is 27.5 Å². The minimum Gasteiger partial charge on any atom is -0.387 e. The minimum absolute atomic E-state index is 0.0332. The molecule has 30 heavy (non-hydrogen) atoms. The summed E-state index contributed by atoms with van der Waals surface area (Å²) in [7, 11) is 0. The molecule has 1 fully saturated rings. The Morgan fingerprint density at radius 2 is 1.87 bits per heavy atom. The molecule has 1 aliphatic carbocycles. The Hall–Kier alpha value is -1.97. The SMILES string of the molecule is O=C(NC(c1ccc(Cl)nc1)[C@]1(O)CC[C@H](F)CC1)c1nccc(C(F)(F)F)c1Cl. The van der Waals surface area contributed by atoms with E-state index in [1.807, 2.05) is 0 Å². The van der Waals surface area contributed by atoms with E-state index in [1.165, 1.54) is 18.3 Å². The van der Waals surface area contributed by atoms with Crippen molar-refractivity contribution >= 4 is 29.1 Å². The number of nitrogens with one attached hydrogen (secondary N) is 1. The number of nitrogens with zero attached hydrogens (tertiary/aromatic N) is 2. The van der Waals surface area contributed by atoms with E-state index >= 15 is 0 Å². The van der Waals surface area contributed by atoms with Crippen LogP contribution in [0.5, 0.6) is 0 Å². The lowest BCUT2D eigenvalue weighted by atomic mass is 9.76. The second-order valence-corrected chi connectivity index (χ2v) is 7.88. The zero-order valence-corrected chi connectivity index (χ0v) is 16.9. The summed E-state index contributed by atoms with van der Waals surface area (Å²) in [5.74, 6) is -1.01. The van der Waals surface area contributed by atoms with Gasteiger partial charge in [0.05, 0.1) is 22.2 Å². The van der Waals surface area contributed by atoms with Gasteiger partial charge in [-0.2, -0.15) is 13.2 Å². The van der Waals surface area contributed by atoms with Crippen LogP contribution in [0.1, 0.15) is 53.3 Å². The van der Waals surface area contributed by atoms with Gasteiger partial charge in [-0.1, -0.05) is 29.3 Å². The van der Waals surface area contributed by atoms with Crippen molar-refractivity contribution in [1.29, 1.82) is 0 Å². The zero-order chi connectivity index (χ0) is 22.1. The van der Waals surface area contributed by atoms with Gasteiger partial charge >= 0.3 is 6.18 Å². The summed E-state index contributed by atoms with van der Waals surface area (Å²) in [4.78, 5) is 20.4. The third-order valence-electron chi connectivity index (χ3n) is 5.09. The molecule has 1 saturated carbocycles. The Kier molecular flexibility index (Phi) is 6.54. The highest BCUT2D eigenvalue weighted by molar-refractivity contribution is 6.34. The Morgan fingerprint density at radius 1 is 1.20 bits per heavy atom. The molecule has 1 amide bonds. The van der Waals surface area contributed by atoms with Gasteiger partial charge in [-0.3, -0.25) is 4.79 Å². The number of carbonyl (C=O) groups excluding carboxylic acids is 1. The molecular weight excluding hydrogens is 449 g/mol. The van der Waals surface area contributed by atoms with Crippen LogP contribution in [0.25, 0.3) is 0 Å². The van der Waals surface area contributed by atoms with Gasteiger partial charge in [0, 0.05) is 12.4 Å². The average Bonchev–Trinajstić information content (AvgIpc) is 2.68. The molecule has 0 radical (unpaired) electrons. The highest BCUT2D eigenvalue weighted by Crippen LogP contribution is 2.40. The fourth-order valence-electron chi connectivity index (χ4n) is 3.48. The van der Waals surface area contributed by atoms with Crippen LogP contribution in [-0.2, 0) is 6.18 Å². The monoisotopic (exact) mass is 465 g/mol. The first-order valence-electron chi connectivity index (χ1n) is 9.02. The van der Waals surface area contributed by atoms with Crippen molar-refractivity contribution in [3.05, 3.63) is 57.6 Å². The lowest BCUT2D eigenvalue weighted by Crippen LogP contribution is -2.48. The lowest BCUT2D eigenvalue weighted by Gasteiger charge is -2.40. The van der Waals surface area contributed by atoms with E-state index in [9.17, 15) is 27.5 Å². The molecule has 2 N–H and O–H groups in total. The molecule has 2 aromatic heterocycles. The number of rotatable bonds is 4. The topological polar surface area (TPSA) is 75.1 Å². The fourth-order valence-corrected chi connectivity index (χ4v) is 3.89. The molecular formula is C19H17Cl2F4N3O2. The molecule has 11 heteroatoms. The van der Waals surface area contributed by atoms with Crippen molar-refractivity contribution in [2.24, 2.45) is 0 Å². The number of aliphatic hydroxyl groups is 1. The van der Waals surface area contributed by atoms with Gasteiger partial charge in [0.2, 0.25) is 0 Å². The molecule has 0 bridgehead atoms. The third-order valence-corrected chi connectivity index (χ3v) is 5.69. The van der Waals surface area contributed by atoms with Crippen LogP contribution in [0.4, 0.5) is 17.6 Å². The standard InChI is InChI=1S/C19H17Cl2F4N3O2/c20-13-2-1-10(9-27-13)16(18(30)6-3-11(22)4-7-18)28-17(29)15-14(21)12(5-8-26-15)19(23,24)25/h1-2,5,8-9,11,16,30H,3-4,6-7H2,(H,28,29)/t11-,16?,18-. The Bertz CT molecular complexity index is 917. The van der Waals surface area contributed by atoms with Gasteiger partial charge < -0.3 is 10.4 Å². The summed E-state index contributed by atoms with van der Waals surface area (Å²) in [6, 6.07) is 2.53. The summed E-state index contributed by atoms with van der Waals surface area (Å²) in [5.41, 5.74) is -3.02. The lowest BCUT2D eigenvalue weighted by molar-refractivity contribution is -0.137. The molecule has 1 unspecified atom stereocenters. The first-order chi connectivity index (χ1) is 14.0. The second kappa shape index (κ2) is 8.64. The summed E-state index contributed by atoms with van der Waals surface area (Å²) in [6.07, 6.45) is -3.48. The fraction of sp³-hybridized carbons (Fsp3) is 0.421. The first kappa shape index (κ1) is 22.7. The molecule has 0 saturated heterocycles. The summed E-state index contributed by atoms with van der Waals surface area (Å²) in [5, 5.41) is 13.0. The normalized spacial score (nSPS) is 23.1. The summed E-state index contributed by atoms with van der Waals surface area (Å²) >= 11 is 11.6. The van der Waals surface area contributed by atoms with Gasteiger partial charge in [0.1, 0.15) is 17.0 Å². The Morgan fingerprint density at radius 3 is 2.43 bits per heavy atom. The maximum atomic E-state index is 13.6. The number of pyridine rings is 2. The molecule has 0 aromatic carbocycles. The van der Waals surface area contributed by atoms with Gasteiger partial charge in [0.15, 0.2) is 0 Å². The molecule has 3 rings (SSSR count). The molecule has 2 aromatic rings. The van der Waals surface area contributed by atoms with E-state index in [0.717, 1.165) is 6.20 Å². The van der Waals surface area contributed by atoms with Crippen LogP contribution in [-0.4, -0.2) is 32.8 Å². The molecule has 0 aliphatic heterocycles. The number of halogens is 6. The minimum atomic E-state index is -4.77. The van der Waals surface area contributed by atoms with Crippen LogP contribution in [0, 0.1) is 0 Å². The molecule has 0 spiro atoms. The number of alkyl halides is 4. The van der Waals surface area contributed by atoms with Crippen molar-refractivity contribution in [2.45, 2.75) is 49.7 Å². The van der Waals surface area contributed by atoms with Crippen LogP contribution in [0.3, 0.4) is 0 Å². The van der Waals surface area contributed by atoms with Crippen LogP contribution in [0.15, 0.2) is 30.6 Å². The summed E-state index contributed by atoms with van der Waals surface area (Å²) < 4.78 is 52.9. The van der Waals surface area contributed by atoms with E-state index in [0.29, 0.717) is 11.6 Å². The van der Waals surface area contributed by atoms with Crippen molar-refractivity contribution in [3.63, 3.8) is 0 Å². The molecule has 1 aliphatic rings. The van der Waals surface area contributed by atoms with Crippen molar-refractivity contribution in [3.8, 4) is 0 Å². The average molecular weight is 466 g/mol. The summed E-state index contributed by atoms with van der Waals surface area (Å²) in [6.45, 7) is 0. The molecule has 1 atom stereocenters. The quantitative estimate of drug-likeness (QED) is 0.496. The predicted molar refractivity (Wildman–Crippen MR) is 102 cm³/mol. The van der Waals surface area contributed by atoms with Crippen LogP contribution in [0.2, 0.25) is 10.2 Å². The predicted octanol–water partition coefficient (Wildman–Crippen LogP) is 4.92. The van der Waals surface area contributed by atoms with Crippen molar-refractivity contribution in [2.75, 3.05) is 0 Å². The zero-order valence-electron chi connectivity index (χ0n) is 15.4. The van der Waals surface area contributed by atoms with Crippen molar-refractivity contribution in [1.82, 2.24) is 15.3 Å². The van der Waals surface area contributed by atoms with Gasteiger partial charge in [-0.25, -0.2) is 14.4 Å². The molecule has 162 valence electrons. The largest absolute Gasteiger partial charge is 0.417 e. The third kappa shape index (κ3) is 4.84. The number of carbonyl (C=O) groups is 1. The van der Waals surface area contributed by atoms with E-state index in [-0.39, 0.29) is 30.8 Å². The Balaban J connectivity index is 1.96. The van der Waals surface area contributed by atoms with Crippen LogP contribution >= 0.6 is 23.2 Å². The number of amides is 1. The number of hydrogen-bond donors (Lipinski definition) is 2. The van der Waals surface area contributed by atoms with E-state index < -0.39 is 46.2 Å². The maximum absolute atomic E-state index is 13.6. The van der Waals surface area contributed by atoms with E-state index in [1.54, 1.807) is 0 Å². The molecule has 2 heterocycles. The van der Waals surface area contributed by atoms with Gasteiger partial charge in [0.25, 0.3) is 5.91 Å². The smallest absolute Gasteiger partial charge is 0.387 e. The number of aromatic nitrogens is 2. The van der Waals surface area contributed by atoms with E-state index in [4.69, 9.17) is 23.2 Å². The highest BCUT2D eigenvalue weighted by Gasteiger charge is 2.43. The Labute approximate surface area is 179 Å². The van der Waals surface area contributed by atoms with E-state index in [2.05, 4.69) is 15.3 Å². The number of hydrogen-bond acceptors (Lipinski definition) is 4. The van der Waals surface area contributed by atoms with Crippen LogP contribution < -0.4 is 5.32 Å². The van der Waals surface area contributed by atoms with Gasteiger partial charge in [-0.05, 0) is 43.4 Å². The maximum Gasteiger partial charge on any atom is 0.417 e. The highest BCUT2D eigenvalue weighted by atomic mass is 35.5. The second-order valence-electron chi connectivity index (χ2n) is 7.12.